The van der Waals surface area contributed by atoms with Gasteiger partial charge in [-0.05, 0) is 121 Å². The fourth-order valence-corrected chi connectivity index (χ4v) is 10.9. The van der Waals surface area contributed by atoms with Crippen molar-refractivity contribution in [2.24, 2.45) is 5.41 Å². The molecular formula is C57H59N5O9S2. The minimum Gasteiger partial charge on any atom is -0.508 e. The molecule has 1 fully saturated rings. The molecule has 4 atom stereocenters. The first-order valence-electron chi connectivity index (χ1n) is 24.2. The summed E-state index contributed by atoms with van der Waals surface area (Å²) in [5.74, 6) is -0.828. The first kappa shape index (κ1) is 51.9. The van der Waals surface area contributed by atoms with Crippen molar-refractivity contribution in [3.63, 3.8) is 0 Å². The van der Waals surface area contributed by atoms with Crippen LogP contribution in [0.15, 0.2) is 121 Å². The molecule has 1 saturated heterocycles. The van der Waals surface area contributed by atoms with Gasteiger partial charge >= 0.3 is 0 Å². The maximum Gasteiger partial charge on any atom is 0.251 e. The van der Waals surface area contributed by atoms with Crippen LogP contribution in [-0.2, 0) is 20.8 Å². The van der Waals surface area contributed by atoms with Gasteiger partial charge in [-0.15, -0.1) is 22.7 Å². The molecule has 0 spiro atoms. The van der Waals surface area contributed by atoms with Crippen LogP contribution in [0.4, 0.5) is 0 Å². The lowest BCUT2D eigenvalue weighted by molar-refractivity contribution is -0.144. The minimum absolute atomic E-state index is 0.0209. The molecule has 5 aromatic carbocycles. The van der Waals surface area contributed by atoms with E-state index >= 15 is 0 Å². The van der Waals surface area contributed by atoms with E-state index in [4.69, 9.17) is 4.74 Å². The number of rotatable bonds is 18. The van der Waals surface area contributed by atoms with Crippen LogP contribution in [0.1, 0.15) is 96.1 Å². The van der Waals surface area contributed by atoms with Gasteiger partial charge < -0.3 is 40.9 Å². The van der Waals surface area contributed by atoms with E-state index < -0.39 is 29.5 Å². The van der Waals surface area contributed by atoms with Crippen molar-refractivity contribution in [1.82, 2.24) is 25.8 Å². The Hall–Kier alpha value is -7.40. The van der Waals surface area contributed by atoms with E-state index in [-0.39, 0.29) is 67.0 Å². The number of β-amino-alcohol motifs (C(OH)–C–C–N with tert-alkyl or cyclic N) is 1. The summed E-state index contributed by atoms with van der Waals surface area (Å²) >= 11 is 2.95. The summed E-state index contributed by atoms with van der Waals surface area (Å²) in [6, 6.07) is 31.2. The Morgan fingerprint density at radius 3 is 2.15 bits per heavy atom. The predicted molar refractivity (Wildman–Crippen MR) is 284 cm³/mol. The summed E-state index contributed by atoms with van der Waals surface area (Å²) in [6.07, 6.45) is 0.241. The van der Waals surface area contributed by atoms with Gasteiger partial charge in [0.1, 0.15) is 29.3 Å². The van der Waals surface area contributed by atoms with E-state index in [1.165, 1.54) is 16.2 Å². The number of carbonyl (C=O) groups is 5. The Bertz CT molecular complexity index is 3110. The van der Waals surface area contributed by atoms with Crippen molar-refractivity contribution < 1.29 is 44.0 Å². The number of phenols is 2. The van der Waals surface area contributed by atoms with Crippen LogP contribution in [0.2, 0.25) is 0 Å². The molecular weight excluding hydrogens is 963 g/mol. The number of benzene rings is 5. The Morgan fingerprint density at radius 1 is 0.822 bits per heavy atom. The Balaban J connectivity index is 0.775. The molecule has 0 aliphatic carbocycles. The van der Waals surface area contributed by atoms with Crippen LogP contribution in [0.3, 0.4) is 0 Å². The smallest absolute Gasteiger partial charge is 0.251 e. The lowest BCUT2D eigenvalue weighted by Gasteiger charge is -2.35. The van der Waals surface area contributed by atoms with Crippen LogP contribution >= 0.6 is 22.7 Å². The van der Waals surface area contributed by atoms with E-state index in [0.29, 0.717) is 52.1 Å². The van der Waals surface area contributed by atoms with Gasteiger partial charge in [0.05, 0.1) is 34.8 Å². The van der Waals surface area contributed by atoms with E-state index in [2.05, 4.69) is 20.9 Å². The number of ketones is 1. The largest absolute Gasteiger partial charge is 0.508 e. The van der Waals surface area contributed by atoms with Crippen molar-refractivity contribution in [2.45, 2.75) is 84.5 Å². The molecule has 0 radical (unpaired) electrons. The monoisotopic (exact) mass is 1020 g/mol. The normalized spacial score (nSPS) is 15.4. The summed E-state index contributed by atoms with van der Waals surface area (Å²) in [4.78, 5) is 75.7. The summed E-state index contributed by atoms with van der Waals surface area (Å²) < 4.78 is 6.67. The maximum atomic E-state index is 14.1. The second-order valence-corrected chi connectivity index (χ2v) is 21.3. The van der Waals surface area contributed by atoms with E-state index in [1.807, 2.05) is 88.7 Å². The highest BCUT2D eigenvalue weighted by atomic mass is 32.1. The predicted octanol–water partition coefficient (Wildman–Crippen LogP) is 9.14. The van der Waals surface area contributed by atoms with Crippen LogP contribution in [-0.4, -0.2) is 92.5 Å². The average Bonchev–Trinajstić information content (AvgIpc) is 4.10. The molecule has 7 aromatic rings. The van der Waals surface area contributed by atoms with Gasteiger partial charge in [0.25, 0.3) is 5.91 Å². The molecule has 0 bridgehead atoms. The topological polar surface area (TPSA) is 207 Å². The second kappa shape index (κ2) is 22.6. The number of aliphatic hydroxyl groups is 1. The number of aliphatic hydroxyl groups excluding tert-OH is 1. The highest BCUT2D eigenvalue weighted by Gasteiger charge is 2.44. The van der Waals surface area contributed by atoms with Crippen LogP contribution in [0, 0.1) is 12.3 Å². The van der Waals surface area contributed by atoms with Gasteiger partial charge in [0.2, 0.25) is 17.7 Å². The molecule has 3 heterocycles. The molecule has 14 nitrogen and oxygen atoms in total. The number of ether oxygens (including phenoxy) is 1. The number of nitrogens with zero attached hydrogens (tertiary/aromatic N) is 2. The number of hydrogen-bond donors (Lipinski definition) is 6. The molecule has 16 heteroatoms. The number of phenolic OH excluding ortho intramolecular Hbond substituents is 2. The zero-order chi connectivity index (χ0) is 52.0. The summed E-state index contributed by atoms with van der Waals surface area (Å²) in [5, 5.41) is 40.2. The highest BCUT2D eigenvalue weighted by molar-refractivity contribution is 7.22. The number of amides is 4. The fourth-order valence-electron chi connectivity index (χ4n) is 8.89. The molecule has 4 unspecified atom stereocenters. The summed E-state index contributed by atoms with van der Waals surface area (Å²) in [7, 11) is 0. The Labute approximate surface area is 432 Å². The third-order valence-corrected chi connectivity index (χ3v) is 15.1. The summed E-state index contributed by atoms with van der Waals surface area (Å²) in [6.45, 7) is 9.98. The van der Waals surface area contributed by atoms with Gasteiger partial charge in [-0.25, -0.2) is 4.98 Å². The lowest BCUT2D eigenvalue weighted by atomic mass is 9.85. The quantitative estimate of drug-likeness (QED) is 0.0355. The lowest BCUT2D eigenvalue weighted by Crippen LogP contribution is -2.57. The number of aromatic nitrogens is 1. The minimum atomic E-state index is -0.945. The number of fused-ring (bicyclic) bond motifs is 1. The fraction of sp³-hybridized carbons (Fsp3) is 0.298. The molecule has 6 N–H and O–H groups in total. The molecule has 8 rings (SSSR count). The molecule has 4 amide bonds. The van der Waals surface area contributed by atoms with E-state index in [0.717, 1.165) is 37.5 Å². The number of aromatic hydroxyl groups is 2. The second-order valence-electron chi connectivity index (χ2n) is 19.4. The Kier molecular flexibility index (Phi) is 16.1. The first-order valence-corrected chi connectivity index (χ1v) is 25.9. The van der Waals surface area contributed by atoms with Crippen molar-refractivity contribution in [3.8, 4) is 38.1 Å². The molecule has 0 saturated carbocycles. The van der Waals surface area contributed by atoms with Crippen LogP contribution < -0.4 is 20.7 Å². The highest BCUT2D eigenvalue weighted by Crippen LogP contribution is 2.41. The molecule has 1 aliphatic heterocycles. The van der Waals surface area contributed by atoms with Crippen LogP contribution in [0.25, 0.3) is 31.0 Å². The van der Waals surface area contributed by atoms with Gasteiger partial charge in [0, 0.05) is 57.6 Å². The zero-order valence-corrected chi connectivity index (χ0v) is 42.9. The molecule has 2 aromatic heterocycles. The number of hydrogen-bond acceptors (Lipinski definition) is 12. The van der Waals surface area contributed by atoms with Gasteiger partial charge in [0.15, 0.2) is 5.78 Å². The van der Waals surface area contributed by atoms with Gasteiger partial charge in [-0.2, -0.15) is 0 Å². The third-order valence-electron chi connectivity index (χ3n) is 12.9. The molecule has 1 aliphatic rings. The van der Waals surface area contributed by atoms with E-state index in [9.17, 15) is 39.3 Å². The van der Waals surface area contributed by atoms with Crippen molar-refractivity contribution in [3.05, 3.63) is 154 Å². The number of aryl methyl sites for hydroxylation is 1. The zero-order valence-electron chi connectivity index (χ0n) is 41.3. The van der Waals surface area contributed by atoms with Crippen LogP contribution in [0.5, 0.6) is 17.2 Å². The van der Waals surface area contributed by atoms with Gasteiger partial charge in [-0.3, -0.25) is 24.0 Å². The van der Waals surface area contributed by atoms with Gasteiger partial charge in [-0.1, -0.05) is 69.3 Å². The number of thiazole rings is 1. The third kappa shape index (κ3) is 12.4. The summed E-state index contributed by atoms with van der Waals surface area (Å²) in [5.41, 5.74) is 7.02. The molecule has 378 valence electrons. The average molecular weight is 1020 g/mol. The maximum absolute atomic E-state index is 14.1. The first-order chi connectivity index (χ1) is 34.9. The van der Waals surface area contributed by atoms with Crippen molar-refractivity contribution >= 4 is 62.2 Å². The SMILES string of the molecule is Cc1ncsc1-c1ccc(C(C)NC(=O)C2CC(O)CN2C(=O)C(NC(=O)CCCOc2ccc(CCNC(=O)c3ccc(C(=O)c4c(-c5ccc(O)cc5)sc5cc(O)ccc45)cc3)cc2)C(C)(C)C)cc1. The number of likely N-dealkylation sites (tertiary alicyclic amines) is 1. The Morgan fingerprint density at radius 2 is 1.48 bits per heavy atom. The van der Waals surface area contributed by atoms with E-state index in [1.54, 1.807) is 78.1 Å². The number of carbonyl (C=O) groups excluding carboxylic acids is 5. The number of thiophene rings is 1. The van der Waals surface area contributed by atoms with Crippen molar-refractivity contribution in [2.75, 3.05) is 19.7 Å². The van der Waals surface area contributed by atoms with Crippen molar-refractivity contribution in [1.29, 1.82) is 0 Å². The molecule has 73 heavy (non-hydrogen) atoms. The number of nitrogens with one attached hydrogen (secondary N) is 3. The standard InChI is InChI=1S/C57H59N5O9S2/c1-33(36-10-14-38(15-11-36)51-34(2)59-32-72-51)60-55(69)46-29-43(65)31-62(46)56(70)53(57(3,4)5)61-48(66)7-6-28-71-44-23-8-35(9-24-44)26-27-58-54(68)40-16-12-37(13-17-40)50(67)49-45-25-22-42(64)30-47(45)73-52(49)39-18-20-41(63)21-19-39/h8-25,30,32-33,43,46,53,63-65H,6-7,26-29,31H2,1-5H3,(H,58,68)(H,60,69)(H,61,66).